The van der Waals surface area contributed by atoms with Gasteiger partial charge in [0, 0.05) is 10.9 Å². The molecule has 0 aliphatic rings. The number of carboxylic acids is 1. The molecule has 3 aromatic rings. The van der Waals surface area contributed by atoms with E-state index in [1.165, 1.54) is 0 Å². The fourth-order valence-corrected chi connectivity index (χ4v) is 3.31. The molecule has 0 heterocycles. The zero-order chi connectivity index (χ0) is 18.5. The zero-order valence-corrected chi connectivity index (χ0v) is 15.6. The Bertz CT molecular complexity index is 955. The predicted octanol–water partition coefficient (Wildman–Crippen LogP) is 3.96. The average molecular weight is 412 g/mol. The fourth-order valence-electron chi connectivity index (χ4n) is 2.86. The van der Waals surface area contributed by atoms with Crippen molar-refractivity contribution in [2.75, 3.05) is 0 Å². The number of hydrogen-bond acceptors (Lipinski definition) is 2. The highest BCUT2D eigenvalue weighted by molar-refractivity contribution is 9.10. The molecule has 0 radical (unpaired) electrons. The van der Waals surface area contributed by atoms with Crippen molar-refractivity contribution in [1.29, 1.82) is 0 Å². The summed E-state index contributed by atoms with van der Waals surface area (Å²) in [4.78, 5) is 23.9. The van der Waals surface area contributed by atoms with Gasteiger partial charge in [-0.1, -0.05) is 76.6 Å². The number of amides is 1. The van der Waals surface area contributed by atoms with Crippen molar-refractivity contribution in [2.45, 2.75) is 18.9 Å². The predicted molar refractivity (Wildman–Crippen MR) is 105 cm³/mol. The molecule has 2 N–H and O–H groups in total. The number of nitrogens with one attached hydrogen (secondary N) is 1. The van der Waals surface area contributed by atoms with Gasteiger partial charge in [0.25, 0.3) is 0 Å². The summed E-state index contributed by atoms with van der Waals surface area (Å²) in [5.74, 6) is -1.35. The molecule has 4 nitrogen and oxygen atoms in total. The fraction of sp³-hybridized carbons (Fsp3) is 0.143. The van der Waals surface area contributed by atoms with Crippen molar-refractivity contribution in [3.05, 3.63) is 82.3 Å². The highest BCUT2D eigenvalue weighted by Gasteiger charge is 2.21. The van der Waals surface area contributed by atoms with Crippen LogP contribution >= 0.6 is 15.9 Å². The van der Waals surface area contributed by atoms with E-state index in [9.17, 15) is 14.7 Å². The Morgan fingerprint density at radius 2 is 1.65 bits per heavy atom. The molecule has 26 heavy (non-hydrogen) atoms. The van der Waals surface area contributed by atoms with Gasteiger partial charge in [-0.3, -0.25) is 4.79 Å². The maximum Gasteiger partial charge on any atom is 0.326 e. The third-order valence-corrected chi connectivity index (χ3v) is 4.97. The highest BCUT2D eigenvalue weighted by Crippen LogP contribution is 2.18. The maximum atomic E-state index is 12.4. The highest BCUT2D eigenvalue weighted by atomic mass is 79.9. The van der Waals surface area contributed by atoms with Crippen LogP contribution in [0.1, 0.15) is 11.1 Å². The Kier molecular flexibility index (Phi) is 5.68. The number of rotatable bonds is 6. The molecule has 0 saturated heterocycles. The number of benzene rings is 3. The third kappa shape index (κ3) is 4.49. The van der Waals surface area contributed by atoms with E-state index >= 15 is 0 Å². The molecule has 0 aliphatic heterocycles. The molecule has 3 rings (SSSR count). The molecule has 1 amide bonds. The normalized spacial score (nSPS) is 11.9. The lowest BCUT2D eigenvalue weighted by Crippen LogP contribution is -2.43. The van der Waals surface area contributed by atoms with Gasteiger partial charge >= 0.3 is 5.97 Å². The minimum Gasteiger partial charge on any atom is -0.480 e. The molecule has 132 valence electrons. The molecule has 1 atom stereocenters. The second-order valence-corrected chi connectivity index (χ2v) is 6.97. The number of carboxylic acid groups (broad SMARTS) is 1. The summed E-state index contributed by atoms with van der Waals surface area (Å²) >= 11 is 3.41. The van der Waals surface area contributed by atoms with Crippen LogP contribution in [0.3, 0.4) is 0 Å². The number of carbonyl (C=O) groups is 2. The van der Waals surface area contributed by atoms with Crippen LogP contribution in [0.5, 0.6) is 0 Å². The monoisotopic (exact) mass is 411 g/mol. The number of aliphatic carboxylic acids is 1. The van der Waals surface area contributed by atoms with E-state index in [0.29, 0.717) is 0 Å². The Hall–Kier alpha value is -2.66. The summed E-state index contributed by atoms with van der Waals surface area (Å²) in [6.45, 7) is 0. The first-order valence-corrected chi connectivity index (χ1v) is 9.05. The Labute approximate surface area is 160 Å². The summed E-state index contributed by atoms with van der Waals surface area (Å²) in [6.07, 6.45) is 0.366. The van der Waals surface area contributed by atoms with Crippen molar-refractivity contribution in [2.24, 2.45) is 0 Å². The van der Waals surface area contributed by atoms with E-state index < -0.39 is 12.0 Å². The van der Waals surface area contributed by atoms with Crippen molar-refractivity contribution in [3.63, 3.8) is 0 Å². The molecule has 5 heteroatoms. The van der Waals surface area contributed by atoms with Crippen LogP contribution in [0.25, 0.3) is 10.8 Å². The molecular weight excluding hydrogens is 394 g/mol. The van der Waals surface area contributed by atoms with Crippen molar-refractivity contribution < 1.29 is 14.7 Å². The van der Waals surface area contributed by atoms with E-state index in [1.54, 1.807) is 0 Å². The van der Waals surface area contributed by atoms with E-state index in [2.05, 4.69) is 21.2 Å². The van der Waals surface area contributed by atoms with Crippen LogP contribution in [0.2, 0.25) is 0 Å². The van der Waals surface area contributed by atoms with Crippen LogP contribution in [0.4, 0.5) is 0 Å². The van der Waals surface area contributed by atoms with E-state index in [1.807, 2.05) is 66.7 Å². The van der Waals surface area contributed by atoms with Gasteiger partial charge in [-0.15, -0.1) is 0 Å². The summed E-state index contributed by atoms with van der Waals surface area (Å²) in [7, 11) is 0. The maximum absolute atomic E-state index is 12.4. The van der Waals surface area contributed by atoms with Crippen LogP contribution < -0.4 is 5.32 Å². The largest absolute Gasteiger partial charge is 0.480 e. The van der Waals surface area contributed by atoms with E-state index in [-0.39, 0.29) is 18.7 Å². The molecule has 0 bridgehead atoms. The number of halogens is 1. The van der Waals surface area contributed by atoms with Gasteiger partial charge in [-0.2, -0.15) is 0 Å². The van der Waals surface area contributed by atoms with E-state index in [0.717, 1.165) is 26.4 Å². The molecule has 0 aromatic heterocycles. The third-order valence-electron chi connectivity index (χ3n) is 4.19. The van der Waals surface area contributed by atoms with Gasteiger partial charge in [-0.05, 0) is 28.0 Å². The van der Waals surface area contributed by atoms with Crippen molar-refractivity contribution in [1.82, 2.24) is 5.32 Å². The summed E-state index contributed by atoms with van der Waals surface area (Å²) < 4.78 is 0.829. The first kappa shape index (κ1) is 18.1. The first-order chi connectivity index (χ1) is 12.5. The molecule has 0 spiro atoms. The van der Waals surface area contributed by atoms with Gasteiger partial charge < -0.3 is 10.4 Å². The Morgan fingerprint density at radius 1 is 0.962 bits per heavy atom. The lowest BCUT2D eigenvalue weighted by molar-refractivity contribution is -0.141. The van der Waals surface area contributed by atoms with Crippen LogP contribution in [-0.2, 0) is 22.4 Å². The quantitative estimate of drug-likeness (QED) is 0.644. The lowest BCUT2D eigenvalue weighted by Gasteiger charge is -2.15. The molecule has 0 saturated carbocycles. The smallest absolute Gasteiger partial charge is 0.326 e. The van der Waals surface area contributed by atoms with Crippen molar-refractivity contribution >= 4 is 38.6 Å². The topological polar surface area (TPSA) is 66.4 Å². The number of hydrogen-bond donors (Lipinski definition) is 2. The zero-order valence-electron chi connectivity index (χ0n) is 14.0. The van der Waals surface area contributed by atoms with Gasteiger partial charge in [0.2, 0.25) is 5.91 Å². The average Bonchev–Trinajstić information content (AvgIpc) is 2.62. The SMILES string of the molecule is O=C(Cc1ccc2ccccc2c1)N[C@@H](Cc1ccccc1Br)C(=O)O. The lowest BCUT2D eigenvalue weighted by atomic mass is 10.0. The van der Waals surface area contributed by atoms with Crippen LogP contribution in [0.15, 0.2) is 71.2 Å². The Morgan fingerprint density at radius 3 is 2.38 bits per heavy atom. The molecule has 3 aromatic carbocycles. The second-order valence-electron chi connectivity index (χ2n) is 6.11. The molecule has 0 unspecified atom stereocenters. The van der Waals surface area contributed by atoms with Crippen molar-refractivity contribution in [3.8, 4) is 0 Å². The minimum absolute atomic E-state index is 0.143. The molecule has 0 aliphatic carbocycles. The van der Waals surface area contributed by atoms with E-state index in [4.69, 9.17) is 0 Å². The second kappa shape index (κ2) is 8.15. The van der Waals surface area contributed by atoms with Crippen LogP contribution in [-0.4, -0.2) is 23.0 Å². The number of fused-ring (bicyclic) bond motifs is 1. The number of carbonyl (C=O) groups excluding carboxylic acids is 1. The standard InChI is InChI=1S/C21H18BrNO3/c22-18-8-4-3-7-17(18)13-19(21(25)26)23-20(24)12-14-9-10-15-5-1-2-6-16(15)11-14/h1-11,19H,12-13H2,(H,23,24)(H,25,26)/t19-/m0/s1. The van der Waals surface area contributed by atoms with Gasteiger partial charge in [-0.25, -0.2) is 4.79 Å². The summed E-state index contributed by atoms with van der Waals surface area (Å²) in [5, 5.41) is 14.2. The minimum atomic E-state index is -1.05. The van der Waals surface area contributed by atoms with Gasteiger partial charge in [0.05, 0.1) is 6.42 Å². The molecular formula is C21H18BrNO3. The first-order valence-electron chi connectivity index (χ1n) is 8.26. The van der Waals surface area contributed by atoms with Crippen LogP contribution in [0, 0.1) is 0 Å². The van der Waals surface area contributed by atoms with Gasteiger partial charge in [0.15, 0.2) is 0 Å². The Balaban J connectivity index is 1.69. The summed E-state index contributed by atoms with van der Waals surface area (Å²) in [5.41, 5.74) is 1.69. The summed E-state index contributed by atoms with van der Waals surface area (Å²) in [6, 6.07) is 20.2. The van der Waals surface area contributed by atoms with Gasteiger partial charge in [0.1, 0.15) is 6.04 Å². The molecule has 0 fully saturated rings.